The Morgan fingerprint density at radius 3 is 2.52 bits per heavy atom. The molecule has 0 bridgehead atoms. The number of nitriles is 1. The quantitative estimate of drug-likeness (QED) is 0.177. The lowest BCUT2D eigenvalue weighted by molar-refractivity contribution is -0.122. The van der Waals surface area contributed by atoms with Crippen LogP contribution in [0, 0.1) is 28.4 Å². The first kappa shape index (κ1) is 25.7. The fourth-order valence-electron chi connectivity index (χ4n) is 1.89. The summed E-state index contributed by atoms with van der Waals surface area (Å²) in [6.45, 7) is 7.42. The number of rotatable bonds is 16. The van der Waals surface area contributed by atoms with Crippen LogP contribution in [0.3, 0.4) is 0 Å². The molecule has 0 fully saturated rings. The number of nitrogens with zero attached hydrogens (tertiary/aromatic N) is 1. The zero-order chi connectivity index (χ0) is 20.2. The van der Waals surface area contributed by atoms with Crippen LogP contribution >= 0.6 is 11.8 Å². The maximum absolute atomic E-state index is 11.5. The summed E-state index contributed by atoms with van der Waals surface area (Å²) < 4.78 is 16.4. The number of thiocyanates is 1. The third kappa shape index (κ3) is 19.3. The highest BCUT2D eigenvalue weighted by atomic mass is 32.2. The average molecular weight is 400 g/mol. The number of nitrogens with one attached hydrogen (secondary N) is 2. The first-order valence-electron chi connectivity index (χ1n) is 9.31. The molecule has 0 radical (unpaired) electrons. The van der Waals surface area contributed by atoms with E-state index < -0.39 is 0 Å². The Balaban J connectivity index is 3.49. The monoisotopic (exact) mass is 399 g/mol. The molecule has 0 rings (SSSR count). The highest BCUT2D eigenvalue weighted by molar-refractivity contribution is 8.04. The van der Waals surface area contributed by atoms with Crippen LogP contribution in [0.4, 0.5) is 0 Å². The van der Waals surface area contributed by atoms with Crippen LogP contribution < -0.4 is 10.6 Å². The van der Waals surface area contributed by atoms with Crippen LogP contribution in [0.1, 0.15) is 33.1 Å². The minimum absolute atomic E-state index is 0.0679. The standard InChI is InChI=1S/C19H33N3O4S/c1-17(2)6-4-10-22-18(23)8-11-24-12-13-25-14-15-26-19(27-16-20)7-5-9-21-3/h17,19,21H,5,7-15H2,1-3H3,(H,22,23)/t19-/m1/s1. The number of carbonyl (C=O) groups is 1. The molecule has 0 saturated carbocycles. The van der Waals surface area contributed by atoms with Gasteiger partial charge in [-0.3, -0.25) is 4.79 Å². The summed E-state index contributed by atoms with van der Waals surface area (Å²) in [6.07, 6.45) is 2.10. The lowest BCUT2D eigenvalue weighted by Gasteiger charge is -2.14. The Morgan fingerprint density at radius 1 is 1.15 bits per heavy atom. The number of hydrogen-bond donors (Lipinski definition) is 2. The normalized spacial score (nSPS) is 11.5. The molecular weight excluding hydrogens is 366 g/mol. The van der Waals surface area contributed by atoms with Gasteiger partial charge in [0.1, 0.15) is 10.8 Å². The van der Waals surface area contributed by atoms with Crippen molar-refractivity contribution in [2.75, 3.05) is 53.2 Å². The second-order valence-electron chi connectivity index (χ2n) is 5.98. The second kappa shape index (κ2) is 19.5. The molecule has 154 valence electrons. The van der Waals surface area contributed by atoms with Gasteiger partial charge in [0.05, 0.1) is 39.6 Å². The Kier molecular flexibility index (Phi) is 18.5. The lowest BCUT2D eigenvalue weighted by Crippen LogP contribution is -2.25. The van der Waals surface area contributed by atoms with Crippen molar-refractivity contribution in [3.63, 3.8) is 0 Å². The third-order valence-corrected chi connectivity index (χ3v) is 3.93. The van der Waals surface area contributed by atoms with Crippen molar-refractivity contribution in [1.82, 2.24) is 10.6 Å². The summed E-state index contributed by atoms with van der Waals surface area (Å²) in [6, 6.07) is 0. The van der Waals surface area contributed by atoms with Crippen molar-refractivity contribution in [2.45, 2.75) is 38.5 Å². The van der Waals surface area contributed by atoms with Gasteiger partial charge in [-0.15, -0.1) is 0 Å². The Morgan fingerprint density at radius 2 is 1.85 bits per heavy atom. The topological polar surface area (TPSA) is 92.6 Å². The summed E-state index contributed by atoms with van der Waals surface area (Å²) in [5.74, 6) is 6.13. The van der Waals surface area contributed by atoms with E-state index in [1.807, 2.05) is 20.9 Å². The number of ether oxygens (including phenoxy) is 3. The summed E-state index contributed by atoms with van der Waals surface area (Å²) in [5, 5.41) is 16.6. The van der Waals surface area contributed by atoms with Crippen LogP contribution in [0.25, 0.3) is 0 Å². The van der Waals surface area contributed by atoms with Crippen LogP contribution in [-0.4, -0.2) is 64.5 Å². The minimum atomic E-state index is -0.119. The maximum Gasteiger partial charge on any atom is 0.223 e. The predicted molar refractivity (Wildman–Crippen MR) is 108 cm³/mol. The van der Waals surface area contributed by atoms with Gasteiger partial charge in [0.2, 0.25) is 5.91 Å². The molecule has 0 heterocycles. The zero-order valence-electron chi connectivity index (χ0n) is 16.7. The second-order valence-corrected chi connectivity index (χ2v) is 6.93. The van der Waals surface area contributed by atoms with Gasteiger partial charge in [-0.1, -0.05) is 25.7 Å². The summed E-state index contributed by atoms with van der Waals surface area (Å²) in [7, 11) is 1.90. The molecule has 7 nitrogen and oxygen atoms in total. The fourth-order valence-corrected chi connectivity index (χ4v) is 2.46. The van der Waals surface area contributed by atoms with E-state index in [1.54, 1.807) is 0 Å². The highest BCUT2D eigenvalue weighted by Gasteiger charge is 2.09. The summed E-state index contributed by atoms with van der Waals surface area (Å²) in [5.41, 5.74) is -0.119. The Bertz CT molecular complexity index is 472. The highest BCUT2D eigenvalue weighted by Crippen LogP contribution is 2.16. The van der Waals surface area contributed by atoms with E-state index >= 15 is 0 Å². The minimum Gasteiger partial charge on any atom is -0.379 e. The predicted octanol–water partition coefficient (Wildman–Crippen LogP) is 1.74. The summed E-state index contributed by atoms with van der Waals surface area (Å²) >= 11 is 1.14. The van der Waals surface area contributed by atoms with Gasteiger partial charge in [0.15, 0.2) is 0 Å². The molecule has 0 aliphatic heterocycles. The van der Waals surface area contributed by atoms with Crippen molar-refractivity contribution in [3.05, 3.63) is 0 Å². The van der Waals surface area contributed by atoms with Gasteiger partial charge in [0, 0.05) is 12.3 Å². The van der Waals surface area contributed by atoms with Crippen LogP contribution in [-0.2, 0) is 19.0 Å². The Hall–Kier alpha value is -1.29. The molecule has 0 aliphatic rings. The molecule has 27 heavy (non-hydrogen) atoms. The smallest absolute Gasteiger partial charge is 0.223 e. The third-order valence-electron chi connectivity index (χ3n) is 3.19. The first-order valence-corrected chi connectivity index (χ1v) is 10.2. The number of amides is 1. The molecule has 0 aromatic rings. The largest absolute Gasteiger partial charge is 0.379 e. The van der Waals surface area contributed by atoms with E-state index in [0.29, 0.717) is 51.9 Å². The van der Waals surface area contributed by atoms with Gasteiger partial charge >= 0.3 is 0 Å². The van der Waals surface area contributed by atoms with Crippen molar-refractivity contribution >= 4 is 17.7 Å². The molecule has 8 heteroatoms. The van der Waals surface area contributed by atoms with E-state index in [2.05, 4.69) is 27.9 Å². The lowest BCUT2D eigenvalue weighted by atomic mass is 10.2. The molecule has 1 amide bonds. The zero-order valence-corrected chi connectivity index (χ0v) is 17.5. The number of carbonyl (C=O) groups excluding carboxylic acids is 1. The van der Waals surface area contributed by atoms with Gasteiger partial charge < -0.3 is 24.8 Å². The van der Waals surface area contributed by atoms with Crippen LogP contribution in [0.5, 0.6) is 0 Å². The summed E-state index contributed by atoms with van der Waals surface area (Å²) in [4.78, 5) is 11.5. The SMILES string of the molecule is CNCCC[C@H](OCCOCCOCCC(=O)NCC#CC(C)C)SC#N. The number of thioether (sulfide) groups is 1. The molecule has 0 unspecified atom stereocenters. The van der Waals surface area contributed by atoms with E-state index in [9.17, 15) is 4.79 Å². The van der Waals surface area contributed by atoms with Crippen molar-refractivity contribution in [2.24, 2.45) is 5.92 Å². The van der Waals surface area contributed by atoms with Gasteiger partial charge in [-0.05, 0) is 38.2 Å². The number of hydrogen-bond acceptors (Lipinski definition) is 7. The van der Waals surface area contributed by atoms with E-state index in [4.69, 9.17) is 19.5 Å². The van der Waals surface area contributed by atoms with Crippen LogP contribution in [0.15, 0.2) is 0 Å². The first-order chi connectivity index (χ1) is 13.1. The molecule has 0 aliphatic carbocycles. The fraction of sp³-hybridized carbons (Fsp3) is 0.789. The van der Waals surface area contributed by atoms with E-state index in [1.165, 1.54) is 0 Å². The van der Waals surface area contributed by atoms with Crippen LogP contribution in [0.2, 0.25) is 0 Å². The van der Waals surface area contributed by atoms with E-state index in [0.717, 1.165) is 31.1 Å². The molecule has 0 spiro atoms. The Labute approximate surface area is 167 Å². The maximum atomic E-state index is 11.5. The van der Waals surface area contributed by atoms with Gasteiger partial charge in [0.25, 0.3) is 0 Å². The molecule has 2 N–H and O–H groups in total. The molecular formula is C19H33N3O4S. The molecule has 0 saturated heterocycles. The molecule has 0 aromatic heterocycles. The molecule has 0 aromatic carbocycles. The van der Waals surface area contributed by atoms with Crippen molar-refractivity contribution in [1.29, 1.82) is 5.26 Å². The van der Waals surface area contributed by atoms with Crippen molar-refractivity contribution in [3.8, 4) is 17.2 Å². The molecule has 1 atom stereocenters. The van der Waals surface area contributed by atoms with E-state index in [-0.39, 0.29) is 11.3 Å². The van der Waals surface area contributed by atoms with Gasteiger partial charge in [-0.25, -0.2) is 0 Å². The van der Waals surface area contributed by atoms with Gasteiger partial charge in [-0.2, -0.15) is 5.26 Å². The van der Waals surface area contributed by atoms with Crippen molar-refractivity contribution < 1.29 is 19.0 Å². The average Bonchev–Trinajstić information content (AvgIpc) is 2.63.